The fourth-order valence-electron chi connectivity index (χ4n) is 0.105. The topological polar surface area (TPSA) is 17.1 Å². The molecule has 0 spiro atoms. The molecule has 5 heteroatoms. The maximum atomic E-state index is 11.0. The van der Waals surface area contributed by atoms with E-state index in [1.54, 1.807) is 0 Å². The predicted octanol–water partition coefficient (Wildman–Crippen LogP) is 1.49. The van der Waals surface area contributed by atoms with E-state index in [0.717, 1.165) is 0 Å². The second kappa shape index (κ2) is 2.76. The molecule has 0 rings (SSSR count). The van der Waals surface area contributed by atoms with E-state index in [1.165, 1.54) is 0 Å². The molecule has 0 bridgehead atoms. The van der Waals surface area contributed by atoms with Gasteiger partial charge < -0.3 is 0 Å². The van der Waals surface area contributed by atoms with Crippen molar-refractivity contribution in [2.75, 3.05) is 0 Å². The van der Waals surface area contributed by atoms with Gasteiger partial charge in [-0.05, 0) is 0 Å². The highest BCUT2D eigenvalue weighted by molar-refractivity contribution is 7.68. The lowest BCUT2D eigenvalue weighted by Gasteiger charge is -1.90. The second-order valence-corrected chi connectivity index (χ2v) is 1.41. The molecule has 0 aromatic rings. The van der Waals surface area contributed by atoms with Gasteiger partial charge in [0.1, 0.15) is 0 Å². The van der Waals surface area contributed by atoms with Gasteiger partial charge in [0.15, 0.2) is 0 Å². The van der Waals surface area contributed by atoms with E-state index in [1.807, 2.05) is 0 Å². The SMILES string of the molecule is O=[S+]C=CC(F)(F)F. The summed E-state index contributed by atoms with van der Waals surface area (Å²) in [7, 11) is 0. The molecule has 0 aromatic heterocycles. The van der Waals surface area contributed by atoms with Crippen molar-refractivity contribution >= 4 is 11.7 Å². The fraction of sp³-hybridized carbons (Fsp3) is 0.333. The molecule has 0 aliphatic rings. The first kappa shape index (κ1) is 7.55. The maximum absolute atomic E-state index is 11.0. The van der Waals surface area contributed by atoms with Crippen molar-refractivity contribution in [1.29, 1.82) is 0 Å². The van der Waals surface area contributed by atoms with Gasteiger partial charge in [-0.15, -0.1) is 0 Å². The van der Waals surface area contributed by atoms with Crippen molar-refractivity contribution in [1.82, 2.24) is 0 Å². The molecule has 0 N–H and O–H groups in total. The van der Waals surface area contributed by atoms with Crippen LogP contribution in [0.4, 0.5) is 13.2 Å². The normalized spacial score (nSPS) is 12.4. The summed E-state index contributed by atoms with van der Waals surface area (Å²) in [5.41, 5.74) is 0. The predicted molar refractivity (Wildman–Crippen MR) is 23.2 cm³/mol. The Balaban J connectivity index is 3.69. The van der Waals surface area contributed by atoms with Crippen molar-refractivity contribution in [3.8, 4) is 0 Å². The van der Waals surface area contributed by atoms with Crippen LogP contribution in [-0.4, -0.2) is 6.18 Å². The highest BCUT2D eigenvalue weighted by Gasteiger charge is 2.23. The number of allylic oxidation sites excluding steroid dienone is 1. The quantitative estimate of drug-likeness (QED) is 0.508. The van der Waals surface area contributed by atoms with Crippen molar-refractivity contribution in [2.24, 2.45) is 0 Å². The first-order valence-corrected chi connectivity index (χ1v) is 2.40. The van der Waals surface area contributed by atoms with E-state index in [0.29, 0.717) is 5.41 Å². The van der Waals surface area contributed by atoms with Gasteiger partial charge >= 0.3 is 17.8 Å². The Morgan fingerprint density at radius 1 is 1.38 bits per heavy atom. The third-order valence-electron chi connectivity index (χ3n) is 0.313. The van der Waals surface area contributed by atoms with Crippen LogP contribution in [0.15, 0.2) is 11.5 Å². The zero-order valence-electron chi connectivity index (χ0n) is 3.61. The summed E-state index contributed by atoms with van der Waals surface area (Å²) < 4.78 is 42.3. The lowest BCUT2D eigenvalue weighted by molar-refractivity contribution is -0.0796. The van der Waals surface area contributed by atoms with E-state index in [9.17, 15) is 17.4 Å². The number of hydrogen-bond donors (Lipinski definition) is 0. The maximum Gasteiger partial charge on any atom is 0.496 e. The number of halogens is 3. The minimum absolute atomic E-state index is 0.106. The van der Waals surface area contributed by atoms with Gasteiger partial charge in [-0.1, -0.05) is 0 Å². The summed E-state index contributed by atoms with van der Waals surface area (Å²) in [6.07, 6.45) is -4.46. The van der Waals surface area contributed by atoms with Crippen LogP contribution >= 0.6 is 0 Å². The molecule has 8 heavy (non-hydrogen) atoms. The minimum atomic E-state index is -4.35. The molecule has 1 nitrogen and oxygen atoms in total. The van der Waals surface area contributed by atoms with Crippen LogP contribution in [0, 0.1) is 0 Å². The molecular formula is C3H2F3OS+. The zero-order chi connectivity index (χ0) is 6.62. The molecule has 0 fully saturated rings. The highest BCUT2D eigenvalue weighted by atomic mass is 32.1. The van der Waals surface area contributed by atoms with E-state index in [2.05, 4.69) is 0 Å². The lowest BCUT2D eigenvalue weighted by Crippen LogP contribution is -1.99. The zero-order valence-corrected chi connectivity index (χ0v) is 4.42. The molecule has 0 aliphatic carbocycles. The lowest BCUT2D eigenvalue weighted by atomic mass is 10.6. The van der Waals surface area contributed by atoms with Crippen molar-refractivity contribution in [3.63, 3.8) is 0 Å². The fourth-order valence-corrected chi connectivity index (χ4v) is 0.315. The Hall–Kier alpha value is -0.450. The molecule has 0 radical (unpaired) electrons. The summed E-state index contributed by atoms with van der Waals surface area (Å²) >= 11 is -0.222. The van der Waals surface area contributed by atoms with Gasteiger partial charge in [0.05, 0.1) is 6.08 Å². The summed E-state index contributed by atoms with van der Waals surface area (Å²) in [5, 5.41) is 0.444. The van der Waals surface area contributed by atoms with Crippen molar-refractivity contribution < 1.29 is 17.4 Å². The van der Waals surface area contributed by atoms with Crippen LogP contribution in [0.5, 0.6) is 0 Å². The van der Waals surface area contributed by atoms with E-state index >= 15 is 0 Å². The second-order valence-electron chi connectivity index (χ2n) is 0.941. The Morgan fingerprint density at radius 2 is 1.88 bits per heavy atom. The average Bonchev–Trinajstić information content (AvgIpc) is 1.59. The van der Waals surface area contributed by atoms with Crippen LogP contribution in [0.25, 0.3) is 0 Å². The van der Waals surface area contributed by atoms with E-state index < -0.39 is 6.18 Å². The highest BCUT2D eigenvalue weighted by Crippen LogP contribution is 2.15. The Kier molecular flexibility index (Phi) is 2.60. The summed E-state index contributed by atoms with van der Waals surface area (Å²) in [5.74, 6) is 0. The van der Waals surface area contributed by atoms with Crippen LogP contribution in [-0.2, 0) is 15.9 Å². The van der Waals surface area contributed by atoms with Crippen molar-refractivity contribution in [3.05, 3.63) is 11.5 Å². The first-order chi connectivity index (χ1) is 3.56. The Morgan fingerprint density at radius 3 is 2.00 bits per heavy atom. The number of rotatable bonds is 1. The first-order valence-electron chi connectivity index (χ1n) is 1.59. The molecule has 0 aliphatic heterocycles. The van der Waals surface area contributed by atoms with Gasteiger partial charge in [0, 0.05) is 4.21 Å². The number of hydrogen-bond acceptors (Lipinski definition) is 1. The Bertz CT molecular complexity index is 106. The minimum Gasteiger partial charge on any atom is -0.167 e. The van der Waals surface area contributed by atoms with Crippen LogP contribution in [0.2, 0.25) is 0 Å². The van der Waals surface area contributed by atoms with E-state index in [-0.39, 0.29) is 17.7 Å². The van der Waals surface area contributed by atoms with Gasteiger partial charge in [-0.3, -0.25) is 0 Å². The van der Waals surface area contributed by atoms with Gasteiger partial charge in [0.2, 0.25) is 0 Å². The van der Waals surface area contributed by atoms with Crippen LogP contribution in [0.3, 0.4) is 0 Å². The van der Waals surface area contributed by atoms with Crippen LogP contribution < -0.4 is 0 Å². The molecule has 0 aromatic carbocycles. The van der Waals surface area contributed by atoms with E-state index in [4.69, 9.17) is 0 Å². The third-order valence-corrected chi connectivity index (χ3v) is 0.560. The van der Waals surface area contributed by atoms with Crippen molar-refractivity contribution in [2.45, 2.75) is 6.18 Å². The van der Waals surface area contributed by atoms with Gasteiger partial charge in [0.25, 0.3) is 5.41 Å². The van der Waals surface area contributed by atoms with Gasteiger partial charge in [-0.25, -0.2) is 0 Å². The summed E-state index contributed by atoms with van der Waals surface area (Å²) in [6, 6.07) is 0. The standard InChI is InChI=1S/C3H2F3OS/c4-3(5,6)1-2-8-7/h1-2H/q+1. The molecule has 0 unspecified atom stereocenters. The molecule has 0 heterocycles. The monoisotopic (exact) mass is 143 g/mol. The molecular weight excluding hydrogens is 141 g/mol. The van der Waals surface area contributed by atoms with Gasteiger partial charge in [-0.2, -0.15) is 13.2 Å². The largest absolute Gasteiger partial charge is 0.496 e. The van der Waals surface area contributed by atoms with Crippen LogP contribution in [0.1, 0.15) is 0 Å². The Labute approximate surface area is 47.7 Å². The summed E-state index contributed by atoms with van der Waals surface area (Å²) in [6.45, 7) is 0. The molecule has 0 saturated carbocycles. The smallest absolute Gasteiger partial charge is 0.167 e. The molecule has 0 saturated heterocycles. The summed E-state index contributed by atoms with van der Waals surface area (Å²) in [4.78, 5) is 0. The average molecular weight is 143 g/mol. The third kappa shape index (κ3) is 5.55. The molecule has 0 amide bonds. The molecule has 46 valence electrons. The number of alkyl halides is 3. The molecule has 0 atom stereocenters.